The number of methoxy groups -OCH3 is 2. The number of halogens is 4. The number of pyridine rings is 1. The molecule has 0 radical (unpaired) electrons. The van der Waals surface area contributed by atoms with Gasteiger partial charge in [-0.2, -0.15) is 17.9 Å². The predicted octanol–water partition coefficient (Wildman–Crippen LogP) is 3.42. The van der Waals surface area contributed by atoms with Crippen molar-refractivity contribution in [3.63, 3.8) is 0 Å². The Kier molecular flexibility index (Phi) is 5.07. The van der Waals surface area contributed by atoms with Gasteiger partial charge in [0.1, 0.15) is 17.3 Å². The van der Waals surface area contributed by atoms with Crippen molar-refractivity contribution in [1.82, 2.24) is 19.3 Å². The van der Waals surface area contributed by atoms with Crippen molar-refractivity contribution in [3.05, 3.63) is 57.4 Å². The molecule has 0 bridgehead atoms. The minimum Gasteiger partial charge on any atom is -0.497 e. The number of aryl methyl sites for hydroxylation is 1. The Labute approximate surface area is 161 Å². The van der Waals surface area contributed by atoms with Crippen LogP contribution >= 0.6 is 11.6 Å². The molecule has 7 nitrogen and oxygen atoms in total. The largest absolute Gasteiger partial charge is 0.497 e. The standard InChI is InChI=1S/C17H14ClF3N4O3/c1-9-23-25(15-12(18)6-10(8-22-15)17(19,20)21)16(26)24(9)13-5-4-11(27-2)7-14(13)28-3/h4-8H,1-3H3. The van der Waals surface area contributed by atoms with Gasteiger partial charge in [0.15, 0.2) is 5.82 Å². The average molecular weight is 415 g/mol. The maximum Gasteiger partial charge on any atom is 0.417 e. The Morgan fingerprint density at radius 2 is 1.86 bits per heavy atom. The molecule has 0 saturated heterocycles. The molecule has 0 aliphatic heterocycles. The predicted molar refractivity (Wildman–Crippen MR) is 94.8 cm³/mol. The van der Waals surface area contributed by atoms with Gasteiger partial charge in [-0.1, -0.05) is 11.6 Å². The SMILES string of the molecule is COc1ccc(-n2c(C)nn(-c3ncc(C(F)(F)F)cc3Cl)c2=O)c(OC)c1. The molecule has 28 heavy (non-hydrogen) atoms. The Morgan fingerprint density at radius 3 is 2.43 bits per heavy atom. The Hall–Kier alpha value is -3.01. The van der Waals surface area contributed by atoms with Crippen LogP contribution in [-0.4, -0.2) is 33.6 Å². The summed E-state index contributed by atoms with van der Waals surface area (Å²) >= 11 is 5.93. The fourth-order valence-corrected chi connectivity index (χ4v) is 2.84. The third-order valence-electron chi connectivity index (χ3n) is 3.92. The van der Waals surface area contributed by atoms with Gasteiger partial charge in [-0.05, 0) is 25.1 Å². The van der Waals surface area contributed by atoms with E-state index in [1.54, 1.807) is 25.1 Å². The van der Waals surface area contributed by atoms with Gasteiger partial charge < -0.3 is 9.47 Å². The number of rotatable bonds is 4. The van der Waals surface area contributed by atoms with E-state index in [4.69, 9.17) is 21.1 Å². The lowest BCUT2D eigenvalue weighted by Crippen LogP contribution is -2.24. The van der Waals surface area contributed by atoms with Gasteiger partial charge in [-0.3, -0.25) is 0 Å². The molecule has 0 spiro atoms. The fourth-order valence-electron chi connectivity index (χ4n) is 2.59. The first kappa shape index (κ1) is 19.7. The molecule has 0 unspecified atom stereocenters. The van der Waals surface area contributed by atoms with Crippen LogP contribution in [0.1, 0.15) is 11.4 Å². The zero-order chi connectivity index (χ0) is 20.6. The van der Waals surface area contributed by atoms with E-state index in [1.165, 1.54) is 18.8 Å². The van der Waals surface area contributed by atoms with E-state index in [-0.39, 0.29) is 16.7 Å². The van der Waals surface area contributed by atoms with E-state index in [1.807, 2.05) is 0 Å². The Balaban J connectivity index is 2.16. The summed E-state index contributed by atoms with van der Waals surface area (Å²) in [4.78, 5) is 16.6. The van der Waals surface area contributed by atoms with E-state index in [9.17, 15) is 18.0 Å². The van der Waals surface area contributed by atoms with Gasteiger partial charge in [0.25, 0.3) is 0 Å². The lowest BCUT2D eigenvalue weighted by Gasteiger charge is -2.11. The van der Waals surface area contributed by atoms with Crippen molar-refractivity contribution in [1.29, 1.82) is 0 Å². The molecular weight excluding hydrogens is 401 g/mol. The molecule has 2 heterocycles. The average Bonchev–Trinajstić information content (AvgIpc) is 2.94. The Bertz CT molecular complexity index is 1090. The van der Waals surface area contributed by atoms with Crippen LogP contribution in [0.2, 0.25) is 5.02 Å². The summed E-state index contributed by atoms with van der Waals surface area (Å²) in [5.41, 5.74) is -1.32. The van der Waals surface area contributed by atoms with Crippen LogP contribution in [-0.2, 0) is 6.18 Å². The lowest BCUT2D eigenvalue weighted by atomic mass is 10.2. The first-order valence-corrected chi connectivity index (χ1v) is 8.19. The first-order valence-electron chi connectivity index (χ1n) is 7.81. The smallest absolute Gasteiger partial charge is 0.417 e. The van der Waals surface area contributed by atoms with Gasteiger partial charge in [-0.15, -0.1) is 5.10 Å². The van der Waals surface area contributed by atoms with E-state index >= 15 is 0 Å². The summed E-state index contributed by atoms with van der Waals surface area (Å²) < 4.78 is 50.9. The number of alkyl halides is 3. The van der Waals surface area contributed by atoms with Crippen LogP contribution in [0.4, 0.5) is 13.2 Å². The number of hydrogen-bond donors (Lipinski definition) is 0. The highest BCUT2D eigenvalue weighted by Gasteiger charge is 2.32. The summed E-state index contributed by atoms with van der Waals surface area (Å²) in [7, 11) is 2.92. The summed E-state index contributed by atoms with van der Waals surface area (Å²) in [5.74, 6) is 0.905. The van der Waals surface area contributed by atoms with E-state index in [0.717, 1.165) is 4.68 Å². The quantitative estimate of drug-likeness (QED) is 0.654. The molecule has 0 atom stereocenters. The highest BCUT2D eigenvalue weighted by Crippen LogP contribution is 2.32. The topological polar surface area (TPSA) is 71.2 Å². The van der Waals surface area contributed by atoms with Crippen molar-refractivity contribution in [3.8, 4) is 23.0 Å². The van der Waals surface area contributed by atoms with Gasteiger partial charge in [0.05, 0.1) is 30.5 Å². The maximum absolute atomic E-state index is 12.9. The molecular formula is C17H14ClF3N4O3. The van der Waals surface area contributed by atoms with Crippen LogP contribution in [0.5, 0.6) is 11.5 Å². The van der Waals surface area contributed by atoms with Gasteiger partial charge in [-0.25, -0.2) is 14.3 Å². The summed E-state index contributed by atoms with van der Waals surface area (Å²) in [6.45, 7) is 1.56. The normalized spacial score (nSPS) is 11.5. The van der Waals surface area contributed by atoms with E-state index < -0.39 is 17.4 Å². The molecule has 2 aromatic heterocycles. The minimum atomic E-state index is -4.61. The van der Waals surface area contributed by atoms with Crippen LogP contribution < -0.4 is 15.2 Å². The number of aromatic nitrogens is 4. The van der Waals surface area contributed by atoms with Gasteiger partial charge >= 0.3 is 11.9 Å². The number of hydrogen-bond acceptors (Lipinski definition) is 5. The van der Waals surface area contributed by atoms with Crippen LogP contribution in [0.25, 0.3) is 11.5 Å². The highest BCUT2D eigenvalue weighted by atomic mass is 35.5. The van der Waals surface area contributed by atoms with Gasteiger partial charge in [0.2, 0.25) is 0 Å². The molecule has 0 fully saturated rings. The zero-order valence-electron chi connectivity index (χ0n) is 14.9. The van der Waals surface area contributed by atoms with Gasteiger partial charge in [0, 0.05) is 12.3 Å². The Morgan fingerprint density at radius 1 is 1.14 bits per heavy atom. The fraction of sp³-hybridized carbons (Fsp3) is 0.235. The third kappa shape index (κ3) is 3.42. The molecule has 0 aliphatic rings. The van der Waals surface area contributed by atoms with E-state index in [2.05, 4.69) is 10.1 Å². The molecule has 11 heteroatoms. The number of ether oxygens (including phenoxy) is 2. The van der Waals surface area contributed by atoms with Crippen molar-refractivity contribution >= 4 is 11.6 Å². The molecule has 3 aromatic rings. The lowest BCUT2D eigenvalue weighted by molar-refractivity contribution is -0.137. The zero-order valence-corrected chi connectivity index (χ0v) is 15.7. The highest BCUT2D eigenvalue weighted by molar-refractivity contribution is 6.32. The van der Waals surface area contributed by atoms with Crippen molar-refractivity contribution < 1.29 is 22.6 Å². The van der Waals surface area contributed by atoms with Crippen LogP contribution in [0.3, 0.4) is 0 Å². The molecule has 0 saturated carbocycles. The monoisotopic (exact) mass is 414 g/mol. The summed E-state index contributed by atoms with van der Waals surface area (Å²) in [5, 5.41) is 3.72. The second kappa shape index (κ2) is 7.19. The molecule has 0 amide bonds. The first-order chi connectivity index (χ1) is 13.2. The second-order valence-corrected chi connectivity index (χ2v) is 6.05. The molecule has 148 valence electrons. The summed E-state index contributed by atoms with van der Waals surface area (Å²) in [6.07, 6.45) is -4.01. The minimum absolute atomic E-state index is 0.214. The molecule has 0 aliphatic carbocycles. The number of benzene rings is 1. The molecule has 3 rings (SSSR count). The van der Waals surface area contributed by atoms with Crippen LogP contribution in [0, 0.1) is 6.92 Å². The number of nitrogens with zero attached hydrogens (tertiary/aromatic N) is 4. The summed E-state index contributed by atoms with van der Waals surface area (Å²) in [6, 6.07) is 5.50. The molecule has 0 N–H and O–H groups in total. The molecule has 1 aromatic carbocycles. The maximum atomic E-state index is 12.9. The van der Waals surface area contributed by atoms with Crippen molar-refractivity contribution in [2.75, 3.05) is 14.2 Å². The van der Waals surface area contributed by atoms with Crippen molar-refractivity contribution in [2.45, 2.75) is 13.1 Å². The third-order valence-corrected chi connectivity index (χ3v) is 4.20. The van der Waals surface area contributed by atoms with E-state index in [0.29, 0.717) is 29.4 Å². The second-order valence-electron chi connectivity index (χ2n) is 5.64. The van der Waals surface area contributed by atoms with Crippen molar-refractivity contribution in [2.24, 2.45) is 0 Å². The van der Waals surface area contributed by atoms with Crippen LogP contribution in [0.15, 0.2) is 35.3 Å².